The Balaban J connectivity index is 2.24. The van der Waals surface area contributed by atoms with Crippen LogP contribution in [0.3, 0.4) is 0 Å². The van der Waals surface area contributed by atoms with Crippen LogP contribution in [-0.2, 0) is 4.74 Å². The smallest absolute Gasteiger partial charge is 0.292 e. The minimum Gasteiger partial charge on any atom is -0.393 e. The molecule has 0 unspecified atom stereocenters. The first-order valence-corrected chi connectivity index (χ1v) is 6.75. The summed E-state index contributed by atoms with van der Waals surface area (Å²) in [4.78, 5) is 24.5. The Kier molecular flexibility index (Phi) is 4.13. The van der Waals surface area contributed by atoms with E-state index in [1.807, 2.05) is 6.92 Å². The molecule has 7 heteroatoms. The summed E-state index contributed by atoms with van der Waals surface area (Å²) in [6, 6.07) is 4.14. The van der Waals surface area contributed by atoms with Crippen molar-refractivity contribution < 1.29 is 14.5 Å². The summed E-state index contributed by atoms with van der Waals surface area (Å²) in [5.41, 5.74) is 5.26. The predicted octanol–water partition coefficient (Wildman–Crippen LogP) is 1.82. The Morgan fingerprint density at radius 3 is 2.86 bits per heavy atom. The Hall–Kier alpha value is -2.15. The largest absolute Gasteiger partial charge is 0.393 e. The zero-order chi connectivity index (χ0) is 15.6. The van der Waals surface area contributed by atoms with E-state index in [0.29, 0.717) is 13.1 Å². The third kappa shape index (κ3) is 3.13. The fraction of sp³-hybridized carbons (Fsp3) is 0.500. The van der Waals surface area contributed by atoms with Gasteiger partial charge in [0.15, 0.2) is 0 Å². The number of amides is 1. The van der Waals surface area contributed by atoms with Crippen LogP contribution in [0.1, 0.15) is 30.1 Å². The van der Waals surface area contributed by atoms with E-state index >= 15 is 0 Å². The van der Waals surface area contributed by atoms with E-state index in [1.54, 1.807) is 12.0 Å². The van der Waals surface area contributed by atoms with Crippen molar-refractivity contribution in [2.24, 2.45) is 0 Å². The predicted molar refractivity (Wildman–Crippen MR) is 78.1 cm³/mol. The van der Waals surface area contributed by atoms with Gasteiger partial charge in [-0.05, 0) is 31.9 Å². The Morgan fingerprint density at radius 1 is 1.52 bits per heavy atom. The van der Waals surface area contributed by atoms with Crippen LogP contribution in [0.5, 0.6) is 0 Å². The molecule has 1 aromatic rings. The van der Waals surface area contributed by atoms with Gasteiger partial charge in [-0.25, -0.2) is 0 Å². The lowest BCUT2D eigenvalue weighted by Gasteiger charge is -2.39. The van der Waals surface area contributed by atoms with E-state index < -0.39 is 4.92 Å². The number of nitro groups is 1. The number of nitrogen functional groups attached to an aromatic ring is 1. The van der Waals surface area contributed by atoms with Crippen LogP contribution in [0.4, 0.5) is 11.4 Å². The molecule has 0 aromatic heterocycles. The molecule has 1 heterocycles. The summed E-state index contributed by atoms with van der Waals surface area (Å²) in [6.07, 6.45) is 1.72. The highest BCUT2D eigenvalue weighted by molar-refractivity contribution is 5.95. The van der Waals surface area contributed by atoms with Gasteiger partial charge in [0.25, 0.3) is 11.6 Å². The average Bonchev–Trinajstić information content (AvgIpc) is 2.47. The Bertz CT molecular complexity index is 575. The number of piperidine rings is 1. The van der Waals surface area contributed by atoms with Gasteiger partial charge in [0.05, 0.1) is 10.5 Å². The summed E-state index contributed by atoms with van der Waals surface area (Å²) in [7, 11) is 1.63. The first kappa shape index (κ1) is 15.2. The molecule has 1 aliphatic heterocycles. The van der Waals surface area contributed by atoms with Crippen LogP contribution in [0, 0.1) is 10.1 Å². The monoisotopic (exact) mass is 293 g/mol. The molecular weight excluding hydrogens is 274 g/mol. The maximum absolute atomic E-state index is 12.5. The number of nitrogens with zero attached hydrogens (tertiary/aromatic N) is 2. The number of hydrogen-bond acceptors (Lipinski definition) is 5. The van der Waals surface area contributed by atoms with E-state index in [0.717, 1.165) is 12.8 Å². The maximum atomic E-state index is 12.5. The van der Waals surface area contributed by atoms with Gasteiger partial charge in [0.1, 0.15) is 5.69 Å². The van der Waals surface area contributed by atoms with Gasteiger partial charge in [-0.2, -0.15) is 0 Å². The molecule has 1 atom stereocenters. The van der Waals surface area contributed by atoms with Crippen LogP contribution in [0.15, 0.2) is 18.2 Å². The van der Waals surface area contributed by atoms with E-state index in [9.17, 15) is 14.9 Å². The number of benzene rings is 1. The van der Waals surface area contributed by atoms with Crippen molar-refractivity contribution in [3.63, 3.8) is 0 Å². The highest BCUT2D eigenvalue weighted by Gasteiger charge is 2.33. The fourth-order valence-corrected chi connectivity index (χ4v) is 2.56. The number of ether oxygens (including phenoxy) is 1. The summed E-state index contributed by atoms with van der Waals surface area (Å²) < 4.78 is 5.45. The normalized spacial score (nSPS) is 22.1. The van der Waals surface area contributed by atoms with Crippen molar-refractivity contribution in [2.45, 2.75) is 25.4 Å². The highest BCUT2D eigenvalue weighted by Crippen LogP contribution is 2.27. The van der Waals surface area contributed by atoms with Crippen LogP contribution < -0.4 is 5.73 Å². The van der Waals surface area contributed by atoms with Crippen molar-refractivity contribution in [1.29, 1.82) is 0 Å². The number of rotatable bonds is 3. The van der Waals surface area contributed by atoms with Crippen molar-refractivity contribution in [3.8, 4) is 0 Å². The molecule has 0 aliphatic carbocycles. The number of methoxy groups -OCH3 is 1. The molecule has 0 bridgehead atoms. The summed E-state index contributed by atoms with van der Waals surface area (Å²) in [5.74, 6) is -0.235. The van der Waals surface area contributed by atoms with E-state index in [2.05, 4.69) is 0 Å². The van der Waals surface area contributed by atoms with Crippen LogP contribution >= 0.6 is 0 Å². The molecule has 2 rings (SSSR count). The summed E-state index contributed by atoms with van der Waals surface area (Å²) in [6.45, 7) is 3.05. The molecule has 1 saturated heterocycles. The molecule has 2 N–H and O–H groups in total. The van der Waals surface area contributed by atoms with Gasteiger partial charge in [0.2, 0.25) is 0 Å². The van der Waals surface area contributed by atoms with Gasteiger partial charge in [0, 0.05) is 31.8 Å². The van der Waals surface area contributed by atoms with Crippen LogP contribution in [0.25, 0.3) is 0 Å². The minimum atomic E-state index is -0.582. The lowest BCUT2D eigenvalue weighted by Crippen LogP contribution is -2.49. The van der Waals surface area contributed by atoms with Gasteiger partial charge >= 0.3 is 0 Å². The van der Waals surface area contributed by atoms with Crippen LogP contribution in [0.2, 0.25) is 0 Å². The van der Waals surface area contributed by atoms with Gasteiger partial charge in [-0.15, -0.1) is 0 Å². The minimum absolute atomic E-state index is 0.0527. The first-order valence-electron chi connectivity index (χ1n) is 6.75. The molecule has 0 radical (unpaired) electrons. The fourth-order valence-electron chi connectivity index (χ4n) is 2.56. The van der Waals surface area contributed by atoms with Crippen molar-refractivity contribution >= 4 is 17.3 Å². The van der Waals surface area contributed by atoms with E-state index in [-0.39, 0.29) is 28.4 Å². The number of hydrogen-bond donors (Lipinski definition) is 1. The average molecular weight is 293 g/mol. The molecule has 1 aliphatic rings. The lowest BCUT2D eigenvalue weighted by molar-refractivity contribution is -0.383. The number of nitro benzene ring substituents is 1. The maximum Gasteiger partial charge on any atom is 0.292 e. The summed E-state index contributed by atoms with van der Waals surface area (Å²) >= 11 is 0. The van der Waals surface area contributed by atoms with Crippen molar-refractivity contribution in [2.75, 3.05) is 25.9 Å². The molecule has 1 fully saturated rings. The lowest BCUT2D eigenvalue weighted by atomic mass is 9.94. The number of carbonyl (C=O) groups is 1. The molecule has 1 aromatic carbocycles. The number of likely N-dealkylation sites (tertiary alicyclic amines) is 1. The van der Waals surface area contributed by atoms with E-state index in [1.165, 1.54) is 18.2 Å². The molecule has 114 valence electrons. The highest BCUT2D eigenvalue weighted by atomic mass is 16.6. The first-order chi connectivity index (χ1) is 9.86. The quantitative estimate of drug-likeness (QED) is 0.520. The summed E-state index contributed by atoms with van der Waals surface area (Å²) in [5, 5.41) is 10.9. The standard InChI is InChI=1S/C14H19N3O4/c1-14(21-2)6-3-7-16(9-14)13(18)10-4-5-11(15)12(8-10)17(19)20/h4-5,8H,3,6-7,9,15H2,1-2H3/t14-/m0/s1. The topological polar surface area (TPSA) is 98.7 Å². The van der Waals surface area contributed by atoms with Gasteiger partial charge in [-0.3, -0.25) is 14.9 Å². The Labute approximate surface area is 122 Å². The molecular formula is C14H19N3O4. The second kappa shape index (κ2) is 5.69. The molecule has 1 amide bonds. The zero-order valence-corrected chi connectivity index (χ0v) is 12.2. The third-order valence-electron chi connectivity index (χ3n) is 3.91. The Morgan fingerprint density at radius 2 is 2.24 bits per heavy atom. The number of anilines is 1. The van der Waals surface area contributed by atoms with Gasteiger partial charge < -0.3 is 15.4 Å². The number of carbonyl (C=O) groups excluding carboxylic acids is 1. The molecule has 7 nitrogen and oxygen atoms in total. The second-order valence-electron chi connectivity index (χ2n) is 5.51. The van der Waals surface area contributed by atoms with E-state index in [4.69, 9.17) is 10.5 Å². The SMILES string of the molecule is CO[C@@]1(C)CCCN(C(=O)c2ccc(N)c([N+](=O)[O-])c2)C1. The molecule has 0 saturated carbocycles. The van der Waals surface area contributed by atoms with Gasteiger partial charge in [-0.1, -0.05) is 0 Å². The molecule has 0 spiro atoms. The third-order valence-corrected chi connectivity index (χ3v) is 3.91. The second-order valence-corrected chi connectivity index (χ2v) is 5.51. The van der Waals surface area contributed by atoms with Crippen molar-refractivity contribution in [1.82, 2.24) is 4.90 Å². The van der Waals surface area contributed by atoms with Crippen LogP contribution in [-0.4, -0.2) is 41.5 Å². The zero-order valence-electron chi connectivity index (χ0n) is 12.2. The number of nitrogens with two attached hydrogens (primary N) is 1. The molecule has 21 heavy (non-hydrogen) atoms. The van der Waals surface area contributed by atoms with Crippen molar-refractivity contribution in [3.05, 3.63) is 33.9 Å².